The van der Waals surface area contributed by atoms with E-state index in [0.717, 1.165) is 5.56 Å². The number of benzene rings is 2. The molecule has 0 unspecified atom stereocenters. The minimum atomic E-state index is -0.402. The summed E-state index contributed by atoms with van der Waals surface area (Å²) in [7, 11) is 3.10. The molecule has 0 radical (unpaired) electrons. The zero-order valence-corrected chi connectivity index (χ0v) is 19.8. The van der Waals surface area contributed by atoms with Crippen LogP contribution in [-0.2, 0) is 9.59 Å². The van der Waals surface area contributed by atoms with Gasteiger partial charge in [0.25, 0.3) is 11.8 Å². The summed E-state index contributed by atoms with van der Waals surface area (Å²) in [4.78, 5) is 38.7. The van der Waals surface area contributed by atoms with Gasteiger partial charge in [-0.25, -0.2) is 0 Å². The van der Waals surface area contributed by atoms with E-state index >= 15 is 0 Å². The molecule has 3 rings (SSSR count). The molecule has 0 spiro atoms. The first-order chi connectivity index (χ1) is 15.9. The lowest BCUT2D eigenvalue weighted by Crippen LogP contribution is -2.41. The molecule has 1 heterocycles. The maximum atomic E-state index is 12.8. The second-order valence-electron chi connectivity index (χ2n) is 6.92. The highest BCUT2D eigenvalue weighted by Crippen LogP contribution is 2.34. The molecule has 10 heteroatoms. The third-order valence-electron chi connectivity index (χ3n) is 4.72. The van der Waals surface area contributed by atoms with Crippen LogP contribution >= 0.6 is 24.0 Å². The molecule has 0 atom stereocenters. The number of hydrogen-bond acceptors (Lipinski definition) is 7. The topological polar surface area (TPSA) is 97.0 Å². The van der Waals surface area contributed by atoms with Gasteiger partial charge in [0.1, 0.15) is 4.32 Å². The summed E-state index contributed by atoms with van der Waals surface area (Å²) in [6, 6.07) is 13.9. The molecule has 2 N–H and O–H groups in total. The fourth-order valence-corrected chi connectivity index (χ4v) is 4.34. The van der Waals surface area contributed by atoms with Gasteiger partial charge in [0, 0.05) is 18.5 Å². The van der Waals surface area contributed by atoms with Crippen LogP contribution in [0.25, 0.3) is 6.08 Å². The Bertz CT molecular complexity index is 1090. The molecule has 0 aromatic heterocycles. The zero-order chi connectivity index (χ0) is 23.8. The number of ether oxygens (including phenoxy) is 2. The maximum Gasteiger partial charge on any atom is 0.269 e. The van der Waals surface area contributed by atoms with Crippen LogP contribution in [-0.4, -0.2) is 47.7 Å². The van der Waals surface area contributed by atoms with Crippen molar-refractivity contribution >= 4 is 52.1 Å². The van der Waals surface area contributed by atoms with E-state index in [1.54, 1.807) is 62.8 Å². The van der Waals surface area contributed by atoms with E-state index in [2.05, 4.69) is 10.9 Å². The summed E-state index contributed by atoms with van der Waals surface area (Å²) < 4.78 is 11.0. The van der Waals surface area contributed by atoms with Crippen molar-refractivity contribution < 1.29 is 23.9 Å². The Morgan fingerprint density at radius 1 is 1.06 bits per heavy atom. The molecule has 172 valence electrons. The first-order valence-corrected chi connectivity index (χ1v) is 11.3. The molecular weight excluding hydrogens is 462 g/mol. The molecule has 2 aromatic rings. The molecule has 0 bridgehead atoms. The molecule has 33 heavy (non-hydrogen) atoms. The van der Waals surface area contributed by atoms with Crippen molar-refractivity contribution in [1.29, 1.82) is 0 Å². The first kappa shape index (κ1) is 24.3. The fourth-order valence-electron chi connectivity index (χ4n) is 3.04. The number of nitrogens with one attached hydrogen (secondary N) is 2. The number of hydrazine groups is 1. The largest absolute Gasteiger partial charge is 0.493 e. The zero-order valence-electron chi connectivity index (χ0n) is 18.1. The average molecular weight is 486 g/mol. The molecule has 0 saturated carbocycles. The minimum absolute atomic E-state index is 0.126. The second kappa shape index (κ2) is 11.5. The summed E-state index contributed by atoms with van der Waals surface area (Å²) >= 11 is 6.55. The van der Waals surface area contributed by atoms with Gasteiger partial charge in [-0.2, -0.15) is 0 Å². The molecule has 1 saturated heterocycles. The molecule has 8 nitrogen and oxygen atoms in total. The summed E-state index contributed by atoms with van der Waals surface area (Å²) in [6.45, 7) is 0.300. The number of thiocarbonyl (C=S) groups is 1. The second-order valence-corrected chi connectivity index (χ2v) is 8.60. The van der Waals surface area contributed by atoms with Crippen molar-refractivity contribution in [2.45, 2.75) is 12.8 Å². The van der Waals surface area contributed by atoms with E-state index in [-0.39, 0.29) is 18.2 Å². The lowest BCUT2D eigenvalue weighted by atomic mass is 10.2. The van der Waals surface area contributed by atoms with Crippen LogP contribution in [0.2, 0.25) is 0 Å². The maximum absolute atomic E-state index is 12.8. The first-order valence-electron chi connectivity index (χ1n) is 10.0. The third kappa shape index (κ3) is 6.33. The van der Waals surface area contributed by atoms with Gasteiger partial charge in [0.15, 0.2) is 11.5 Å². The molecular formula is C23H23N3O5S2. The van der Waals surface area contributed by atoms with Gasteiger partial charge in [0.2, 0.25) is 5.91 Å². The van der Waals surface area contributed by atoms with Gasteiger partial charge in [-0.05, 0) is 42.3 Å². The van der Waals surface area contributed by atoms with E-state index in [0.29, 0.717) is 39.3 Å². The molecule has 1 fully saturated rings. The number of methoxy groups -OCH3 is 2. The summed E-state index contributed by atoms with van der Waals surface area (Å²) in [5, 5.41) is 0. The van der Waals surface area contributed by atoms with Gasteiger partial charge in [-0.3, -0.25) is 30.1 Å². The van der Waals surface area contributed by atoms with Gasteiger partial charge >= 0.3 is 0 Å². The number of carbonyl (C=O) groups excluding carboxylic acids is 3. The normalized spacial score (nSPS) is 14.4. The highest BCUT2D eigenvalue weighted by molar-refractivity contribution is 8.26. The smallest absolute Gasteiger partial charge is 0.269 e. The van der Waals surface area contributed by atoms with E-state index in [9.17, 15) is 14.4 Å². The number of hydrogen-bond donors (Lipinski definition) is 2. The van der Waals surface area contributed by atoms with Crippen molar-refractivity contribution in [1.82, 2.24) is 15.8 Å². The Balaban J connectivity index is 1.50. The minimum Gasteiger partial charge on any atom is -0.493 e. The van der Waals surface area contributed by atoms with Crippen LogP contribution in [0.4, 0.5) is 0 Å². The van der Waals surface area contributed by atoms with Crippen LogP contribution in [0.5, 0.6) is 11.5 Å². The summed E-state index contributed by atoms with van der Waals surface area (Å²) in [6.07, 6.45) is 2.26. The number of thioether (sulfide) groups is 1. The highest BCUT2D eigenvalue weighted by atomic mass is 32.2. The van der Waals surface area contributed by atoms with E-state index in [1.165, 1.54) is 16.7 Å². The Morgan fingerprint density at radius 3 is 2.48 bits per heavy atom. The lowest BCUT2D eigenvalue weighted by Gasteiger charge is -2.14. The fraction of sp³-hybridized carbons (Fsp3) is 0.217. The standard InChI is InChI=1S/C23H23N3O5S2/c1-30-17-11-10-15(13-18(17)31-2)14-19-22(29)26(23(32)33-19)12-6-9-20(27)24-25-21(28)16-7-4-3-5-8-16/h3-5,7-8,10-11,13-14H,6,9,12H2,1-2H3,(H,24,27)(H,25,28)/b19-14-. The van der Waals surface area contributed by atoms with Crippen LogP contribution < -0.4 is 20.3 Å². The van der Waals surface area contributed by atoms with Crippen molar-refractivity contribution in [3.05, 3.63) is 64.6 Å². The quantitative estimate of drug-likeness (QED) is 0.337. The number of nitrogens with zero attached hydrogens (tertiary/aromatic N) is 1. The Morgan fingerprint density at radius 2 is 1.79 bits per heavy atom. The predicted octanol–water partition coefficient (Wildman–Crippen LogP) is 3.15. The molecule has 1 aliphatic rings. The molecule has 2 aromatic carbocycles. The monoisotopic (exact) mass is 485 g/mol. The highest BCUT2D eigenvalue weighted by Gasteiger charge is 2.31. The Hall–Kier alpha value is -3.37. The Labute approximate surface area is 201 Å². The predicted molar refractivity (Wildman–Crippen MR) is 131 cm³/mol. The van der Waals surface area contributed by atoms with Crippen LogP contribution in [0.1, 0.15) is 28.8 Å². The van der Waals surface area contributed by atoms with Crippen molar-refractivity contribution in [2.75, 3.05) is 20.8 Å². The SMILES string of the molecule is COc1ccc(/C=C2\SC(=S)N(CCCC(=O)NNC(=O)c3ccccc3)C2=O)cc1OC. The summed E-state index contributed by atoms with van der Waals surface area (Å²) in [5.41, 5.74) is 5.97. The Kier molecular flexibility index (Phi) is 8.45. The van der Waals surface area contributed by atoms with Crippen molar-refractivity contribution in [3.8, 4) is 11.5 Å². The molecule has 3 amide bonds. The van der Waals surface area contributed by atoms with E-state index in [1.807, 2.05) is 6.07 Å². The average Bonchev–Trinajstić information content (AvgIpc) is 3.10. The van der Waals surface area contributed by atoms with Crippen LogP contribution in [0, 0.1) is 0 Å². The van der Waals surface area contributed by atoms with Gasteiger partial charge < -0.3 is 9.47 Å². The lowest BCUT2D eigenvalue weighted by molar-refractivity contribution is -0.124. The third-order valence-corrected chi connectivity index (χ3v) is 6.09. The van der Waals surface area contributed by atoms with Crippen LogP contribution in [0.3, 0.4) is 0 Å². The van der Waals surface area contributed by atoms with Crippen molar-refractivity contribution in [2.24, 2.45) is 0 Å². The van der Waals surface area contributed by atoms with Crippen LogP contribution in [0.15, 0.2) is 53.4 Å². The van der Waals surface area contributed by atoms with Gasteiger partial charge in [-0.15, -0.1) is 0 Å². The number of amides is 3. The van der Waals surface area contributed by atoms with Gasteiger partial charge in [-0.1, -0.05) is 48.2 Å². The van der Waals surface area contributed by atoms with E-state index < -0.39 is 5.91 Å². The molecule has 1 aliphatic heterocycles. The van der Waals surface area contributed by atoms with Gasteiger partial charge in [0.05, 0.1) is 19.1 Å². The molecule has 0 aliphatic carbocycles. The number of rotatable bonds is 8. The summed E-state index contributed by atoms with van der Waals surface area (Å²) in [5.74, 6) is 0.192. The number of carbonyl (C=O) groups is 3. The van der Waals surface area contributed by atoms with Crippen molar-refractivity contribution in [3.63, 3.8) is 0 Å². The van der Waals surface area contributed by atoms with E-state index in [4.69, 9.17) is 21.7 Å².